The summed E-state index contributed by atoms with van der Waals surface area (Å²) in [6, 6.07) is 14.8. The van der Waals surface area contributed by atoms with Crippen LogP contribution < -0.4 is 4.90 Å². The number of anilines is 1. The first-order valence-corrected chi connectivity index (χ1v) is 7.62. The second-order valence-corrected chi connectivity index (χ2v) is 5.77. The number of halogens is 1. The van der Waals surface area contributed by atoms with Gasteiger partial charge in [0.2, 0.25) is 0 Å². The number of rotatable bonds is 2. The minimum absolute atomic E-state index is 0.312. The number of hydrogen-bond donors (Lipinski definition) is 0. The molecule has 0 saturated carbocycles. The number of hydrogen-bond acceptors (Lipinski definition) is 3. The second kappa shape index (κ2) is 5.47. The summed E-state index contributed by atoms with van der Waals surface area (Å²) in [5.74, 6) is 0.200. The third-order valence-electron chi connectivity index (χ3n) is 4.36. The van der Waals surface area contributed by atoms with Crippen molar-refractivity contribution in [1.82, 2.24) is 4.98 Å². The third kappa shape index (κ3) is 2.36. The van der Waals surface area contributed by atoms with Crippen LogP contribution in [0.25, 0.3) is 10.9 Å². The van der Waals surface area contributed by atoms with Crippen molar-refractivity contribution >= 4 is 23.0 Å². The lowest BCUT2D eigenvalue weighted by molar-refractivity contribution is 0.112. The summed E-state index contributed by atoms with van der Waals surface area (Å²) in [5, 5.41) is 0.647. The van der Waals surface area contributed by atoms with Crippen molar-refractivity contribution in [3.8, 4) is 0 Å². The summed E-state index contributed by atoms with van der Waals surface area (Å²) in [6.45, 7) is 1.45. The van der Waals surface area contributed by atoms with Crippen LogP contribution in [0.1, 0.15) is 21.5 Å². The predicted molar refractivity (Wildman–Crippen MR) is 88.3 cm³/mol. The highest BCUT2D eigenvalue weighted by Gasteiger charge is 2.20. The molecule has 4 rings (SSSR count). The quantitative estimate of drug-likeness (QED) is 0.676. The van der Waals surface area contributed by atoms with Gasteiger partial charge in [0.1, 0.15) is 17.2 Å². The van der Waals surface area contributed by atoms with Crippen molar-refractivity contribution in [1.29, 1.82) is 0 Å². The summed E-state index contributed by atoms with van der Waals surface area (Å²) in [4.78, 5) is 18.0. The Kier molecular flexibility index (Phi) is 3.30. The number of benzene rings is 2. The van der Waals surface area contributed by atoms with Gasteiger partial charge in [-0.2, -0.15) is 0 Å². The summed E-state index contributed by atoms with van der Waals surface area (Å²) in [6.07, 6.45) is 1.69. The van der Waals surface area contributed by atoms with Crippen molar-refractivity contribution in [2.75, 3.05) is 11.4 Å². The molecule has 0 unspecified atom stereocenters. The van der Waals surface area contributed by atoms with Crippen LogP contribution in [0.3, 0.4) is 0 Å². The first kappa shape index (κ1) is 13.9. The average Bonchev–Trinajstić information content (AvgIpc) is 2.60. The van der Waals surface area contributed by atoms with Crippen LogP contribution >= 0.6 is 0 Å². The smallest absolute Gasteiger partial charge is 0.153 e. The molecule has 2 aromatic carbocycles. The molecule has 0 radical (unpaired) electrons. The highest BCUT2D eigenvalue weighted by atomic mass is 19.1. The molecule has 1 aliphatic heterocycles. The Morgan fingerprint density at radius 2 is 1.91 bits per heavy atom. The number of nitrogens with zero attached hydrogens (tertiary/aromatic N) is 2. The van der Waals surface area contributed by atoms with Gasteiger partial charge in [0.15, 0.2) is 6.29 Å². The number of para-hydroxylation sites is 1. The molecular weight excluding hydrogens is 291 g/mol. The largest absolute Gasteiger partial charge is 0.351 e. The molecule has 2 heterocycles. The lowest BCUT2D eigenvalue weighted by Gasteiger charge is -2.30. The van der Waals surface area contributed by atoms with Crippen molar-refractivity contribution in [2.24, 2.45) is 0 Å². The van der Waals surface area contributed by atoms with E-state index >= 15 is 0 Å². The molecule has 23 heavy (non-hydrogen) atoms. The maximum absolute atomic E-state index is 14.0. The fraction of sp³-hybridized carbons (Fsp3) is 0.158. The van der Waals surface area contributed by atoms with Gasteiger partial charge in [0, 0.05) is 18.5 Å². The highest BCUT2D eigenvalue weighted by molar-refractivity contribution is 5.92. The van der Waals surface area contributed by atoms with Crippen molar-refractivity contribution < 1.29 is 9.18 Å². The predicted octanol–water partition coefficient (Wildman–Crippen LogP) is 3.75. The summed E-state index contributed by atoms with van der Waals surface area (Å²) < 4.78 is 14.0. The summed E-state index contributed by atoms with van der Waals surface area (Å²) >= 11 is 0. The molecule has 0 saturated heterocycles. The molecule has 4 heteroatoms. The highest BCUT2D eigenvalue weighted by Crippen LogP contribution is 2.28. The van der Waals surface area contributed by atoms with E-state index in [1.54, 1.807) is 18.2 Å². The minimum atomic E-state index is -0.362. The number of fused-ring (bicyclic) bond motifs is 2. The molecule has 3 nitrogen and oxygen atoms in total. The molecule has 0 aliphatic carbocycles. The summed E-state index contributed by atoms with van der Waals surface area (Å²) in [7, 11) is 0. The van der Waals surface area contributed by atoms with Gasteiger partial charge in [0.05, 0.1) is 5.56 Å². The Hall–Kier alpha value is -2.75. The van der Waals surface area contributed by atoms with Gasteiger partial charge in [-0.3, -0.25) is 4.79 Å². The number of aromatic nitrogens is 1. The van der Waals surface area contributed by atoms with Gasteiger partial charge >= 0.3 is 0 Å². The zero-order chi connectivity index (χ0) is 15.8. The first-order valence-electron chi connectivity index (χ1n) is 7.62. The van der Waals surface area contributed by atoms with E-state index in [4.69, 9.17) is 0 Å². The standard InChI is InChI=1S/C19H15FN2O/c20-17-7-3-6-14-10-16(12-23)19(21-18(14)17)22-9-8-13-4-1-2-5-15(13)11-22/h1-7,10,12H,8-9,11H2. The normalized spacial score (nSPS) is 13.9. The average molecular weight is 306 g/mol. The van der Waals surface area contributed by atoms with E-state index in [2.05, 4.69) is 22.0 Å². The molecule has 3 aromatic rings. The van der Waals surface area contributed by atoms with Crippen LogP contribution in [0.15, 0.2) is 48.5 Å². The van der Waals surface area contributed by atoms with Gasteiger partial charge in [-0.25, -0.2) is 9.37 Å². The van der Waals surface area contributed by atoms with Crippen LogP contribution in [0.5, 0.6) is 0 Å². The van der Waals surface area contributed by atoms with E-state index in [1.807, 2.05) is 12.1 Å². The first-order chi connectivity index (χ1) is 11.3. The fourth-order valence-electron chi connectivity index (χ4n) is 3.19. The van der Waals surface area contributed by atoms with Gasteiger partial charge in [-0.15, -0.1) is 0 Å². The number of carbonyl (C=O) groups excluding carboxylic acids is 1. The maximum atomic E-state index is 14.0. The van der Waals surface area contributed by atoms with Crippen molar-refractivity contribution in [2.45, 2.75) is 13.0 Å². The van der Waals surface area contributed by atoms with Gasteiger partial charge in [-0.05, 0) is 29.7 Å². The lowest BCUT2D eigenvalue weighted by atomic mass is 9.99. The zero-order valence-electron chi connectivity index (χ0n) is 12.5. The molecular formula is C19H15FN2O. The molecule has 1 aromatic heterocycles. The molecule has 0 bridgehead atoms. The second-order valence-electron chi connectivity index (χ2n) is 5.77. The molecule has 1 aliphatic rings. The van der Waals surface area contributed by atoms with E-state index in [-0.39, 0.29) is 5.82 Å². The Labute approximate surface area is 133 Å². The van der Waals surface area contributed by atoms with Crippen LogP contribution in [0.4, 0.5) is 10.2 Å². The van der Waals surface area contributed by atoms with Crippen LogP contribution in [0.2, 0.25) is 0 Å². The zero-order valence-corrected chi connectivity index (χ0v) is 12.5. The van der Waals surface area contributed by atoms with Crippen LogP contribution in [-0.4, -0.2) is 17.8 Å². The Morgan fingerprint density at radius 1 is 1.09 bits per heavy atom. The van der Waals surface area contributed by atoms with E-state index in [0.717, 1.165) is 19.3 Å². The Balaban J connectivity index is 1.82. The van der Waals surface area contributed by atoms with E-state index < -0.39 is 0 Å². The molecule has 114 valence electrons. The number of carbonyl (C=O) groups is 1. The number of aldehydes is 1. The van der Waals surface area contributed by atoms with E-state index in [0.29, 0.717) is 28.8 Å². The maximum Gasteiger partial charge on any atom is 0.153 e. The Morgan fingerprint density at radius 3 is 2.74 bits per heavy atom. The SMILES string of the molecule is O=Cc1cc2cccc(F)c2nc1N1CCc2ccccc2C1. The van der Waals surface area contributed by atoms with Crippen LogP contribution in [-0.2, 0) is 13.0 Å². The summed E-state index contributed by atoms with van der Waals surface area (Å²) in [5.41, 5.74) is 3.36. The molecule has 0 spiro atoms. The van der Waals surface area contributed by atoms with Crippen molar-refractivity contribution in [3.05, 3.63) is 71.0 Å². The molecule has 0 atom stereocenters. The van der Waals surface area contributed by atoms with E-state index in [1.165, 1.54) is 17.2 Å². The third-order valence-corrected chi connectivity index (χ3v) is 4.36. The van der Waals surface area contributed by atoms with Gasteiger partial charge < -0.3 is 4.90 Å². The van der Waals surface area contributed by atoms with Crippen LogP contribution in [0, 0.1) is 5.82 Å². The van der Waals surface area contributed by atoms with Gasteiger partial charge in [0.25, 0.3) is 0 Å². The minimum Gasteiger partial charge on any atom is -0.351 e. The molecule has 0 fully saturated rings. The Bertz CT molecular complexity index is 907. The topological polar surface area (TPSA) is 33.2 Å². The number of pyridine rings is 1. The fourth-order valence-corrected chi connectivity index (χ4v) is 3.19. The van der Waals surface area contributed by atoms with Gasteiger partial charge in [-0.1, -0.05) is 36.4 Å². The van der Waals surface area contributed by atoms with Crippen molar-refractivity contribution in [3.63, 3.8) is 0 Å². The molecule has 0 amide bonds. The van der Waals surface area contributed by atoms with E-state index in [9.17, 15) is 9.18 Å². The monoisotopic (exact) mass is 306 g/mol. The lowest BCUT2D eigenvalue weighted by Crippen LogP contribution is -2.31. The molecule has 0 N–H and O–H groups in total.